The predicted molar refractivity (Wildman–Crippen MR) is 288 cm³/mol. The second kappa shape index (κ2) is 17.3. The van der Waals surface area contributed by atoms with E-state index in [0.29, 0.717) is 40.0 Å². The lowest BCUT2D eigenvalue weighted by atomic mass is 9.94. The van der Waals surface area contributed by atoms with E-state index in [-0.39, 0.29) is 0 Å². The maximum atomic E-state index is 16.9. The monoisotopic (exact) mass is 915 g/mol. The minimum absolute atomic E-state index is 0.321. The molecular weight excluding hydrogens is 874 g/mol. The second-order valence-electron chi connectivity index (χ2n) is 17.6. The first-order valence-corrected chi connectivity index (χ1v) is 23.7. The van der Waals surface area contributed by atoms with Gasteiger partial charge in [-0.05, 0) is 88.0 Å². The van der Waals surface area contributed by atoms with Gasteiger partial charge in [0, 0.05) is 49.5 Å². The first-order chi connectivity index (χ1) is 35.1. The molecule has 0 unspecified atom stereocenters. The fourth-order valence-electron chi connectivity index (χ4n) is 10.3. The summed E-state index contributed by atoms with van der Waals surface area (Å²) in [5.74, 6) is 1.28. The number of para-hydroxylation sites is 2. The molecule has 0 spiro atoms. The number of fused-ring (bicyclic) bond motifs is 7. The van der Waals surface area contributed by atoms with E-state index in [1.807, 2.05) is 91.0 Å². The van der Waals surface area contributed by atoms with E-state index in [1.54, 1.807) is 13.2 Å². The highest BCUT2D eigenvalue weighted by Gasteiger charge is 2.25. The van der Waals surface area contributed by atoms with Crippen molar-refractivity contribution < 1.29 is 9.13 Å². The van der Waals surface area contributed by atoms with E-state index < -0.39 is 5.82 Å². The summed E-state index contributed by atoms with van der Waals surface area (Å²) in [6, 6.07) is 80.2. The van der Waals surface area contributed by atoms with Crippen molar-refractivity contribution in [3.05, 3.63) is 242 Å². The van der Waals surface area contributed by atoms with Gasteiger partial charge in [-0.2, -0.15) is 9.97 Å². The number of methoxy groups -OCH3 is 1. The van der Waals surface area contributed by atoms with Crippen molar-refractivity contribution in [3.63, 3.8) is 0 Å². The van der Waals surface area contributed by atoms with Crippen LogP contribution < -0.4 is 4.74 Å². The van der Waals surface area contributed by atoms with Gasteiger partial charge in [-0.15, -0.1) is 0 Å². The number of nitrogens with zero attached hydrogens (tertiary/aromatic N) is 5. The number of halogens is 1. The molecule has 0 fully saturated rings. The minimum Gasteiger partial charge on any atom is -0.496 e. The lowest BCUT2D eigenvalue weighted by Crippen LogP contribution is -2.07. The lowest BCUT2D eigenvalue weighted by molar-refractivity contribution is 0.416. The van der Waals surface area contributed by atoms with Crippen molar-refractivity contribution in [2.24, 2.45) is 0 Å². The molecular formula is C64H42FN5O. The van der Waals surface area contributed by atoms with Crippen LogP contribution in [0.5, 0.6) is 5.75 Å². The second-order valence-corrected chi connectivity index (χ2v) is 17.6. The Morgan fingerprint density at radius 2 is 0.845 bits per heavy atom. The van der Waals surface area contributed by atoms with E-state index >= 15 is 4.39 Å². The van der Waals surface area contributed by atoms with Crippen molar-refractivity contribution in [3.8, 4) is 84.7 Å². The maximum Gasteiger partial charge on any atom is 0.238 e. The van der Waals surface area contributed by atoms with Crippen LogP contribution in [0.25, 0.3) is 123 Å². The molecule has 3 aromatic heterocycles. The number of rotatable bonds is 9. The quantitative estimate of drug-likeness (QED) is 0.145. The Kier molecular flexibility index (Phi) is 10.1. The first kappa shape index (κ1) is 41.7. The van der Waals surface area contributed by atoms with Crippen LogP contribution in [0.3, 0.4) is 0 Å². The number of aromatic nitrogens is 5. The van der Waals surface area contributed by atoms with Gasteiger partial charge in [-0.3, -0.25) is 4.57 Å². The summed E-state index contributed by atoms with van der Waals surface area (Å²) < 4.78 is 27.3. The highest BCUT2D eigenvalue weighted by Crippen LogP contribution is 2.44. The highest BCUT2D eigenvalue weighted by molar-refractivity contribution is 6.28. The molecule has 0 aliphatic carbocycles. The molecule has 336 valence electrons. The third-order valence-electron chi connectivity index (χ3n) is 13.6. The van der Waals surface area contributed by atoms with Crippen LogP contribution in [0.2, 0.25) is 0 Å². The van der Waals surface area contributed by atoms with Crippen molar-refractivity contribution in [2.75, 3.05) is 7.11 Å². The summed E-state index contributed by atoms with van der Waals surface area (Å²) in [6.07, 6.45) is 0. The summed E-state index contributed by atoms with van der Waals surface area (Å²) in [5, 5.41) is 4.40. The van der Waals surface area contributed by atoms with E-state index in [2.05, 4.69) is 143 Å². The Bertz CT molecular complexity index is 4130. The van der Waals surface area contributed by atoms with Crippen molar-refractivity contribution in [1.82, 2.24) is 24.1 Å². The van der Waals surface area contributed by atoms with Crippen LogP contribution in [0.15, 0.2) is 237 Å². The van der Waals surface area contributed by atoms with Gasteiger partial charge in [-0.25, -0.2) is 9.37 Å². The summed E-state index contributed by atoms with van der Waals surface area (Å²) in [6.45, 7) is 0. The van der Waals surface area contributed by atoms with Gasteiger partial charge in [-0.1, -0.05) is 182 Å². The van der Waals surface area contributed by atoms with Crippen molar-refractivity contribution >= 4 is 43.6 Å². The van der Waals surface area contributed by atoms with Gasteiger partial charge in [0.2, 0.25) is 5.95 Å². The molecule has 7 heteroatoms. The van der Waals surface area contributed by atoms with E-state index in [4.69, 9.17) is 19.7 Å². The Balaban J connectivity index is 1.05. The van der Waals surface area contributed by atoms with Crippen LogP contribution in [0.1, 0.15) is 0 Å². The van der Waals surface area contributed by atoms with Gasteiger partial charge < -0.3 is 9.30 Å². The molecule has 3 heterocycles. The SMILES string of the molecule is COc1ccc(-c2ccccc2)cc1-c1c(F)cccc1-c1nc(-c2ccc(-c3ccccc3)cc2)nc(-n2c3ccccc3c3c4c5ccccc5n(-c5ccc(-c6ccccc6)cc5)c4ccc32)n1. The molecule has 13 rings (SSSR count). The van der Waals surface area contributed by atoms with E-state index in [9.17, 15) is 0 Å². The number of hydrogen-bond acceptors (Lipinski definition) is 4. The average Bonchev–Trinajstić information content (AvgIpc) is 3.97. The van der Waals surface area contributed by atoms with E-state index in [0.717, 1.165) is 82.7 Å². The predicted octanol–water partition coefficient (Wildman–Crippen LogP) is 16.2. The molecule has 0 N–H and O–H groups in total. The first-order valence-electron chi connectivity index (χ1n) is 23.7. The number of benzene rings is 10. The molecule has 0 bridgehead atoms. The molecule has 0 aliphatic heterocycles. The van der Waals surface area contributed by atoms with Gasteiger partial charge in [0.1, 0.15) is 11.6 Å². The molecule has 71 heavy (non-hydrogen) atoms. The summed E-state index contributed by atoms with van der Waals surface area (Å²) in [7, 11) is 1.61. The van der Waals surface area contributed by atoms with Crippen LogP contribution in [-0.4, -0.2) is 31.2 Å². The van der Waals surface area contributed by atoms with Crippen molar-refractivity contribution in [2.45, 2.75) is 0 Å². The average molecular weight is 916 g/mol. The third-order valence-corrected chi connectivity index (χ3v) is 13.6. The highest BCUT2D eigenvalue weighted by atomic mass is 19.1. The molecule has 0 radical (unpaired) electrons. The Morgan fingerprint density at radius 1 is 0.366 bits per heavy atom. The molecule has 0 saturated carbocycles. The standard InChI is InChI=1S/C64H42FN5O/c1-71-58-39-34-47(43-20-9-4-10-21-43)40-52(58)59-51(24-15-25-53(59)65)63-66-62(46-30-28-44(29-31-46)41-16-5-2-6-17-41)67-64(68-63)70-55-27-14-12-23-50(55)61-57(70)38-37-56-60(61)49-22-11-13-26-54(49)69(56)48-35-32-45(33-36-48)42-18-7-3-8-19-42/h2-40H,1H3. The summed E-state index contributed by atoms with van der Waals surface area (Å²) >= 11 is 0. The topological polar surface area (TPSA) is 57.8 Å². The van der Waals surface area contributed by atoms with E-state index in [1.165, 1.54) is 11.6 Å². The molecule has 0 atom stereocenters. The van der Waals surface area contributed by atoms with Crippen LogP contribution in [0, 0.1) is 5.82 Å². The zero-order valence-corrected chi connectivity index (χ0v) is 38.5. The Hall–Kier alpha value is -9.46. The largest absolute Gasteiger partial charge is 0.496 e. The number of ether oxygens (including phenoxy) is 1. The minimum atomic E-state index is -0.424. The summed E-state index contributed by atoms with van der Waals surface area (Å²) in [5.41, 5.74) is 13.8. The summed E-state index contributed by atoms with van der Waals surface area (Å²) in [4.78, 5) is 15.9. The molecule has 13 aromatic rings. The zero-order chi connectivity index (χ0) is 47.4. The maximum absolute atomic E-state index is 16.9. The van der Waals surface area contributed by atoms with Crippen LogP contribution in [0.4, 0.5) is 4.39 Å². The molecule has 6 nitrogen and oxygen atoms in total. The fraction of sp³-hybridized carbons (Fsp3) is 0.0156. The Morgan fingerprint density at radius 3 is 1.45 bits per heavy atom. The fourth-order valence-corrected chi connectivity index (χ4v) is 10.3. The Labute approximate surface area is 409 Å². The van der Waals surface area contributed by atoms with Crippen molar-refractivity contribution in [1.29, 1.82) is 0 Å². The molecule has 10 aromatic carbocycles. The smallest absolute Gasteiger partial charge is 0.238 e. The molecule has 0 amide bonds. The normalized spacial score (nSPS) is 11.5. The molecule has 0 aliphatic rings. The number of hydrogen-bond donors (Lipinski definition) is 0. The molecule has 0 saturated heterocycles. The zero-order valence-electron chi connectivity index (χ0n) is 38.5. The van der Waals surface area contributed by atoms with Crippen LogP contribution >= 0.6 is 0 Å². The van der Waals surface area contributed by atoms with Gasteiger partial charge in [0.05, 0.1) is 29.2 Å². The van der Waals surface area contributed by atoms with Gasteiger partial charge in [0.15, 0.2) is 11.6 Å². The lowest BCUT2D eigenvalue weighted by Gasteiger charge is -2.16. The van der Waals surface area contributed by atoms with Gasteiger partial charge >= 0.3 is 0 Å². The van der Waals surface area contributed by atoms with Gasteiger partial charge in [0.25, 0.3) is 0 Å². The van der Waals surface area contributed by atoms with Crippen LogP contribution in [-0.2, 0) is 0 Å². The third kappa shape index (κ3) is 7.13.